The predicted molar refractivity (Wildman–Crippen MR) is 120 cm³/mol. The Morgan fingerprint density at radius 3 is 2.41 bits per heavy atom. The maximum absolute atomic E-state index is 12.3. The van der Waals surface area contributed by atoms with Crippen molar-refractivity contribution in [3.8, 4) is 5.75 Å². The number of unbranched alkanes of at least 4 members (excludes halogenated alkanes) is 1. The van der Waals surface area contributed by atoms with Crippen molar-refractivity contribution in [2.45, 2.75) is 33.1 Å². The summed E-state index contributed by atoms with van der Waals surface area (Å²) in [7, 11) is 0. The van der Waals surface area contributed by atoms with E-state index < -0.39 is 0 Å². The summed E-state index contributed by atoms with van der Waals surface area (Å²) in [5.41, 5.74) is 1.63. The molecule has 0 saturated heterocycles. The summed E-state index contributed by atoms with van der Waals surface area (Å²) < 4.78 is 5.51. The minimum Gasteiger partial charge on any atom is -0.494 e. The number of rotatable bonds is 9. The van der Waals surface area contributed by atoms with Gasteiger partial charge in [-0.2, -0.15) is 0 Å². The van der Waals surface area contributed by atoms with E-state index in [1.54, 1.807) is 48.5 Å². The molecule has 0 aliphatic carbocycles. The Kier molecular flexibility index (Phi) is 9.11. The van der Waals surface area contributed by atoms with Crippen LogP contribution in [0.15, 0.2) is 48.5 Å². The molecule has 2 aromatic carbocycles. The molecule has 0 aliphatic rings. The molecule has 0 fully saturated rings. The van der Waals surface area contributed by atoms with Crippen molar-refractivity contribution < 1.29 is 14.3 Å². The van der Waals surface area contributed by atoms with Gasteiger partial charge in [-0.3, -0.25) is 14.9 Å². The van der Waals surface area contributed by atoms with E-state index in [2.05, 4.69) is 22.9 Å². The summed E-state index contributed by atoms with van der Waals surface area (Å²) in [5, 5.41) is 8.61. The Morgan fingerprint density at radius 2 is 1.72 bits per heavy atom. The van der Waals surface area contributed by atoms with E-state index in [0.29, 0.717) is 30.0 Å². The van der Waals surface area contributed by atoms with Crippen molar-refractivity contribution in [2.24, 2.45) is 0 Å². The van der Waals surface area contributed by atoms with Crippen LogP contribution in [0.4, 0.5) is 5.69 Å². The van der Waals surface area contributed by atoms with Gasteiger partial charge in [0.15, 0.2) is 5.11 Å². The average molecular weight is 414 g/mol. The Hall–Kier alpha value is -2.93. The number of benzene rings is 2. The van der Waals surface area contributed by atoms with E-state index in [4.69, 9.17) is 17.0 Å². The number of hydrogen-bond donors (Lipinski definition) is 3. The number of carbonyl (C=O) groups is 2. The summed E-state index contributed by atoms with van der Waals surface area (Å²) in [5.74, 6) is 0.263. The second kappa shape index (κ2) is 11.8. The summed E-state index contributed by atoms with van der Waals surface area (Å²) in [6, 6.07) is 13.8. The van der Waals surface area contributed by atoms with E-state index in [0.717, 1.165) is 25.0 Å². The first kappa shape index (κ1) is 22.4. The number of carbonyl (C=O) groups excluding carboxylic acids is 2. The smallest absolute Gasteiger partial charge is 0.257 e. The topological polar surface area (TPSA) is 79.5 Å². The molecule has 0 saturated carbocycles. The predicted octanol–water partition coefficient (Wildman–Crippen LogP) is 4.13. The van der Waals surface area contributed by atoms with E-state index in [-0.39, 0.29) is 16.9 Å². The highest BCUT2D eigenvalue weighted by molar-refractivity contribution is 7.80. The number of anilines is 1. The number of hydrogen-bond acceptors (Lipinski definition) is 4. The number of amides is 2. The molecule has 7 heteroatoms. The molecule has 0 aromatic heterocycles. The highest BCUT2D eigenvalue weighted by Crippen LogP contribution is 2.13. The van der Waals surface area contributed by atoms with Gasteiger partial charge >= 0.3 is 0 Å². The first-order chi connectivity index (χ1) is 14.0. The molecule has 0 radical (unpaired) electrons. The second-order valence-corrected chi connectivity index (χ2v) is 6.88. The molecule has 0 bridgehead atoms. The third-order valence-corrected chi connectivity index (χ3v) is 4.22. The maximum Gasteiger partial charge on any atom is 0.257 e. The van der Waals surface area contributed by atoms with Crippen LogP contribution in [0, 0.1) is 0 Å². The minimum absolute atomic E-state index is 0.137. The van der Waals surface area contributed by atoms with Gasteiger partial charge in [0.25, 0.3) is 11.8 Å². The van der Waals surface area contributed by atoms with Gasteiger partial charge in [0.2, 0.25) is 0 Å². The summed E-state index contributed by atoms with van der Waals surface area (Å²) in [6.07, 6.45) is 2.87. The van der Waals surface area contributed by atoms with Gasteiger partial charge in [-0.25, -0.2) is 0 Å². The summed E-state index contributed by atoms with van der Waals surface area (Å²) in [4.78, 5) is 24.5. The van der Waals surface area contributed by atoms with Crippen LogP contribution in [-0.4, -0.2) is 30.1 Å². The fraction of sp³-hybridized carbons (Fsp3) is 0.318. The van der Waals surface area contributed by atoms with Crippen molar-refractivity contribution in [3.05, 3.63) is 59.7 Å². The van der Waals surface area contributed by atoms with Crippen molar-refractivity contribution in [1.29, 1.82) is 0 Å². The van der Waals surface area contributed by atoms with Crippen LogP contribution in [0.5, 0.6) is 5.75 Å². The fourth-order valence-corrected chi connectivity index (χ4v) is 2.69. The molecule has 29 heavy (non-hydrogen) atoms. The Bertz CT molecular complexity index is 837. The van der Waals surface area contributed by atoms with Gasteiger partial charge in [-0.1, -0.05) is 26.3 Å². The first-order valence-electron chi connectivity index (χ1n) is 9.77. The Labute approximate surface area is 177 Å². The molecular weight excluding hydrogens is 386 g/mol. The zero-order chi connectivity index (χ0) is 21.1. The van der Waals surface area contributed by atoms with Crippen LogP contribution in [0.2, 0.25) is 0 Å². The van der Waals surface area contributed by atoms with Crippen LogP contribution in [0.25, 0.3) is 0 Å². The third kappa shape index (κ3) is 7.54. The van der Waals surface area contributed by atoms with Gasteiger partial charge in [-0.05, 0) is 67.5 Å². The molecule has 2 amide bonds. The SMILES string of the molecule is CCCCNC(=O)c1cccc(NC(=S)NC(=O)c2ccc(OCCC)cc2)c1. The molecule has 6 nitrogen and oxygen atoms in total. The highest BCUT2D eigenvalue weighted by atomic mass is 32.1. The lowest BCUT2D eigenvalue weighted by molar-refractivity contribution is 0.0950. The second-order valence-electron chi connectivity index (χ2n) is 6.47. The molecule has 3 N–H and O–H groups in total. The van der Waals surface area contributed by atoms with Crippen LogP contribution >= 0.6 is 12.2 Å². The number of nitrogens with one attached hydrogen (secondary N) is 3. The largest absolute Gasteiger partial charge is 0.494 e. The summed E-state index contributed by atoms with van der Waals surface area (Å²) in [6.45, 7) is 5.38. The molecule has 0 heterocycles. The normalized spacial score (nSPS) is 10.1. The quantitative estimate of drug-likeness (QED) is 0.425. The van der Waals surface area contributed by atoms with E-state index >= 15 is 0 Å². The average Bonchev–Trinajstić information content (AvgIpc) is 2.72. The van der Waals surface area contributed by atoms with Crippen LogP contribution in [0.3, 0.4) is 0 Å². The lowest BCUT2D eigenvalue weighted by Gasteiger charge is -2.11. The van der Waals surface area contributed by atoms with Crippen LogP contribution in [0.1, 0.15) is 53.8 Å². The maximum atomic E-state index is 12.3. The zero-order valence-corrected chi connectivity index (χ0v) is 17.6. The number of ether oxygens (including phenoxy) is 1. The Balaban J connectivity index is 1.90. The fourth-order valence-electron chi connectivity index (χ4n) is 2.48. The van der Waals surface area contributed by atoms with Crippen molar-refractivity contribution in [2.75, 3.05) is 18.5 Å². The van der Waals surface area contributed by atoms with Crippen molar-refractivity contribution in [1.82, 2.24) is 10.6 Å². The van der Waals surface area contributed by atoms with Crippen LogP contribution in [-0.2, 0) is 0 Å². The molecule has 0 atom stereocenters. The number of thiocarbonyl (C=S) groups is 1. The highest BCUT2D eigenvalue weighted by Gasteiger charge is 2.10. The standard InChI is InChI=1S/C22H27N3O3S/c1-3-5-13-23-20(26)17-7-6-8-18(15-17)24-22(29)25-21(27)16-9-11-19(12-10-16)28-14-4-2/h6-12,15H,3-5,13-14H2,1-2H3,(H,23,26)(H2,24,25,27,29). The summed E-state index contributed by atoms with van der Waals surface area (Å²) >= 11 is 5.22. The molecule has 0 unspecified atom stereocenters. The molecule has 2 aromatic rings. The van der Waals surface area contributed by atoms with Gasteiger partial charge in [0.1, 0.15) is 5.75 Å². The van der Waals surface area contributed by atoms with Gasteiger partial charge in [0.05, 0.1) is 6.61 Å². The monoisotopic (exact) mass is 413 g/mol. The van der Waals surface area contributed by atoms with Gasteiger partial charge in [0, 0.05) is 23.4 Å². The lowest BCUT2D eigenvalue weighted by Crippen LogP contribution is -2.34. The van der Waals surface area contributed by atoms with E-state index in [1.807, 2.05) is 6.92 Å². The lowest BCUT2D eigenvalue weighted by atomic mass is 10.2. The third-order valence-electron chi connectivity index (χ3n) is 4.01. The van der Waals surface area contributed by atoms with E-state index in [1.165, 1.54) is 0 Å². The van der Waals surface area contributed by atoms with Crippen LogP contribution < -0.4 is 20.7 Å². The van der Waals surface area contributed by atoms with Crippen molar-refractivity contribution in [3.63, 3.8) is 0 Å². The zero-order valence-electron chi connectivity index (χ0n) is 16.8. The van der Waals surface area contributed by atoms with E-state index in [9.17, 15) is 9.59 Å². The minimum atomic E-state index is -0.321. The first-order valence-corrected chi connectivity index (χ1v) is 10.2. The Morgan fingerprint density at radius 1 is 0.966 bits per heavy atom. The van der Waals surface area contributed by atoms with Gasteiger partial charge in [-0.15, -0.1) is 0 Å². The molecule has 2 rings (SSSR count). The molecule has 0 spiro atoms. The van der Waals surface area contributed by atoms with Gasteiger partial charge < -0.3 is 15.4 Å². The molecule has 154 valence electrons. The van der Waals surface area contributed by atoms with Crippen molar-refractivity contribution >= 4 is 34.8 Å². The molecular formula is C22H27N3O3S. The molecule has 0 aliphatic heterocycles.